The lowest BCUT2D eigenvalue weighted by atomic mass is 10.1. The fraction of sp³-hybridized carbons (Fsp3) is 0.474. The molecule has 0 spiro atoms. The van der Waals surface area contributed by atoms with E-state index in [1.807, 2.05) is 62.4 Å². The molecule has 0 atom stereocenters. The number of aryl methyl sites for hydroxylation is 1. The predicted molar refractivity (Wildman–Crippen MR) is 116 cm³/mol. The molecule has 0 saturated carbocycles. The molecule has 9 heteroatoms. The first-order valence-corrected chi connectivity index (χ1v) is 11.6. The lowest BCUT2D eigenvalue weighted by Gasteiger charge is -2.22. The van der Waals surface area contributed by atoms with Crippen LogP contribution in [-0.4, -0.2) is 44.4 Å². The van der Waals surface area contributed by atoms with Crippen LogP contribution in [-0.2, 0) is 28.9 Å². The Bertz CT molecular complexity index is 907. The minimum Gasteiger partial charge on any atom is -0.352 e. The molecule has 7 nitrogen and oxygen atoms in total. The molecule has 0 radical (unpaired) electrons. The van der Waals surface area contributed by atoms with Crippen molar-refractivity contribution in [2.45, 2.75) is 45.7 Å². The summed E-state index contributed by atoms with van der Waals surface area (Å²) in [5.74, 6) is 0.680. The van der Waals surface area contributed by atoms with E-state index in [-0.39, 0.29) is 11.8 Å². The Labute approximate surface area is 172 Å². The molecule has 2 N–H and O–H groups in total. The fourth-order valence-electron chi connectivity index (χ4n) is 2.83. The molecule has 0 aliphatic carbocycles. The van der Waals surface area contributed by atoms with Crippen LogP contribution in [0.1, 0.15) is 35.7 Å². The predicted octanol–water partition coefficient (Wildman–Crippen LogP) is 2.49. The molecule has 0 aliphatic rings. The van der Waals surface area contributed by atoms with E-state index in [1.165, 1.54) is 0 Å². The topological polar surface area (TPSA) is 86.7 Å². The van der Waals surface area contributed by atoms with Gasteiger partial charge in [0, 0.05) is 32.1 Å². The van der Waals surface area contributed by atoms with Crippen molar-refractivity contribution in [3.8, 4) is 0 Å². The molecular formula is C19H29N5O2S2. The summed E-state index contributed by atoms with van der Waals surface area (Å²) in [5.41, 5.74) is 2.70. The smallest absolute Gasteiger partial charge is 0.216 e. The van der Waals surface area contributed by atoms with E-state index in [2.05, 4.69) is 20.0 Å². The monoisotopic (exact) mass is 423 g/mol. The van der Waals surface area contributed by atoms with Crippen LogP contribution in [0.4, 0.5) is 0 Å². The summed E-state index contributed by atoms with van der Waals surface area (Å²) in [5, 5.41) is 6.40. The first-order valence-electron chi connectivity index (χ1n) is 9.09. The van der Waals surface area contributed by atoms with E-state index in [1.54, 1.807) is 18.4 Å². The molecule has 1 aromatic carbocycles. The van der Waals surface area contributed by atoms with Gasteiger partial charge in [0.25, 0.3) is 0 Å². The van der Waals surface area contributed by atoms with Crippen molar-refractivity contribution in [3.63, 3.8) is 0 Å². The summed E-state index contributed by atoms with van der Waals surface area (Å²) < 4.78 is 27.2. The molecule has 1 heterocycles. The Morgan fingerprint density at radius 3 is 2.54 bits per heavy atom. The molecule has 0 fully saturated rings. The highest BCUT2D eigenvalue weighted by Gasteiger charge is 2.16. The van der Waals surface area contributed by atoms with Gasteiger partial charge >= 0.3 is 0 Å². The summed E-state index contributed by atoms with van der Waals surface area (Å²) in [4.78, 5) is 10.8. The van der Waals surface area contributed by atoms with Gasteiger partial charge in [0.2, 0.25) is 10.0 Å². The van der Waals surface area contributed by atoms with Crippen LogP contribution in [0, 0.1) is 6.92 Å². The molecule has 0 saturated heterocycles. The third-order valence-electron chi connectivity index (χ3n) is 3.96. The van der Waals surface area contributed by atoms with Gasteiger partial charge in [-0.3, -0.25) is 4.99 Å². The lowest BCUT2D eigenvalue weighted by molar-refractivity contribution is 0.470. The second-order valence-electron chi connectivity index (χ2n) is 6.92. The number of aliphatic imine (C=N–C) groups is 1. The number of hydrogen-bond donors (Lipinski definition) is 2. The van der Waals surface area contributed by atoms with Crippen molar-refractivity contribution in [1.82, 2.24) is 19.9 Å². The van der Waals surface area contributed by atoms with Gasteiger partial charge in [0.1, 0.15) is 0 Å². The van der Waals surface area contributed by atoms with Crippen LogP contribution >= 0.6 is 11.3 Å². The SMILES string of the molecule is CN=C(NCc1ccccc1CS(=O)(=O)NC(C)C)N(C)Cc1csc(C)n1. The van der Waals surface area contributed by atoms with Crippen LogP contribution in [0.15, 0.2) is 34.6 Å². The first-order chi connectivity index (χ1) is 13.2. The zero-order chi connectivity index (χ0) is 20.7. The Morgan fingerprint density at radius 2 is 1.96 bits per heavy atom. The molecule has 28 heavy (non-hydrogen) atoms. The summed E-state index contributed by atoms with van der Waals surface area (Å²) >= 11 is 1.63. The maximum absolute atomic E-state index is 12.3. The highest BCUT2D eigenvalue weighted by Crippen LogP contribution is 2.13. The molecule has 154 valence electrons. The zero-order valence-electron chi connectivity index (χ0n) is 17.1. The van der Waals surface area contributed by atoms with Gasteiger partial charge in [-0.1, -0.05) is 24.3 Å². The van der Waals surface area contributed by atoms with E-state index < -0.39 is 10.0 Å². The molecule has 0 aliphatic heterocycles. The third kappa shape index (κ3) is 6.88. The fourth-order valence-corrected chi connectivity index (χ4v) is 4.93. The lowest BCUT2D eigenvalue weighted by Crippen LogP contribution is -2.38. The first kappa shape index (κ1) is 22.3. The summed E-state index contributed by atoms with van der Waals surface area (Å²) in [6.45, 7) is 6.75. The molecule has 0 unspecified atom stereocenters. The average molecular weight is 424 g/mol. The normalized spacial score (nSPS) is 12.4. The number of hydrogen-bond acceptors (Lipinski definition) is 5. The standard InChI is InChI=1S/C19H29N5O2S2/c1-14(2)23-28(25,26)13-17-9-7-6-8-16(17)10-21-19(20-4)24(5)11-18-12-27-15(3)22-18/h6-9,12,14,23H,10-11,13H2,1-5H3,(H,20,21). The van der Waals surface area contributed by atoms with Crippen molar-refractivity contribution in [2.75, 3.05) is 14.1 Å². The van der Waals surface area contributed by atoms with Gasteiger partial charge < -0.3 is 10.2 Å². The summed E-state index contributed by atoms with van der Waals surface area (Å²) in [7, 11) is 0.301. The van der Waals surface area contributed by atoms with Crippen molar-refractivity contribution in [3.05, 3.63) is 51.5 Å². The Morgan fingerprint density at radius 1 is 1.29 bits per heavy atom. The van der Waals surface area contributed by atoms with Gasteiger partial charge in [-0.2, -0.15) is 0 Å². The van der Waals surface area contributed by atoms with Crippen molar-refractivity contribution in [2.24, 2.45) is 4.99 Å². The minimum absolute atomic E-state index is 0.0461. The second-order valence-corrected chi connectivity index (χ2v) is 9.73. The van der Waals surface area contributed by atoms with Crippen LogP contribution in [0.5, 0.6) is 0 Å². The molecule has 0 bridgehead atoms. The average Bonchev–Trinajstić information content (AvgIpc) is 3.00. The Balaban J connectivity index is 2.04. The number of benzene rings is 1. The number of aromatic nitrogens is 1. The molecule has 2 rings (SSSR count). The summed E-state index contributed by atoms with van der Waals surface area (Å²) in [6.07, 6.45) is 0. The van der Waals surface area contributed by atoms with Crippen LogP contribution < -0.4 is 10.0 Å². The van der Waals surface area contributed by atoms with Gasteiger partial charge in [-0.25, -0.2) is 18.1 Å². The van der Waals surface area contributed by atoms with Gasteiger partial charge in [-0.05, 0) is 31.9 Å². The largest absolute Gasteiger partial charge is 0.352 e. The maximum atomic E-state index is 12.3. The number of thiazole rings is 1. The highest BCUT2D eigenvalue weighted by atomic mass is 32.2. The maximum Gasteiger partial charge on any atom is 0.216 e. The molecule has 1 aromatic heterocycles. The van der Waals surface area contributed by atoms with E-state index in [4.69, 9.17) is 0 Å². The van der Waals surface area contributed by atoms with Crippen LogP contribution in [0.2, 0.25) is 0 Å². The minimum atomic E-state index is -3.38. The summed E-state index contributed by atoms with van der Waals surface area (Å²) in [6, 6.07) is 7.42. The van der Waals surface area contributed by atoms with E-state index >= 15 is 0 Å². The van der Waals surface area contributed by atoms with Crippen LogP contribution in [0.3, 0.4) is 0 Å². The Kier molecular flexibility index (Phi) is 7.97. The number of sulfonamides is 1. The van der Waals surface area contributed by atoms with Crippen LogP contribution in [0.25, 0.3) is 0 Å². The molecule has 0 amide bonds. The molecular weight excluding hydrogens is 394 g/mol. The quantitative estimate of drug-likeness (QED) is 0.503. The van der Waals surface area contributed by atoms with Crippen molar-refractivity contribution >= 4 is 27.3 Å². The zero-order valence-corrected chi connectivity index (χ0v) is 18.7. The van der Waals surface area contributed by atoms with E-state index in [0.717, 1.165) is 27.8 Å². The number of nitrogens with one attached hydrogen (secondary N) is 2. The third-order valence-corrected chi connectivity index (χ3v) is 6.30. The van der Waals surface area contributed by atoms with E-state index in [9.17, 15) is 8.42 Å². The van der Waals surface area contributed by atoms with Crippen molar-refractivity contribution < 1.29 is 8.42 Å². The number of guanidine groups is 1. The van der Waals surface area contributed by atoms with E-state index in [0.29, 0.717) is 13.1 Å². The van der Waals surface area contributed by atoms with Crippen molar-refractivity contribution in [1.29, 1.82) is 0 Å². The molecule has 2 aromatic rings. The number of nitrogens with zero attached hydrogens (tertiary/aromatic N) is 3. The van der Waals surface area contributed by atoms with Gasteiger partial charge in [-0.15, -0.1) is 11.3 Å². The van der Waals surface area contributed by atoms with Gasteiger partial charge in [0.15, 0.2) is 5.96 Å². The Hall–Kier alpha value is -1.97. The highest BCUT2D eigenvalue weighted by molar-refractivity contribution is 7.88. The second kappa shape index (κ2) is 9.99. The van der Waals surface area contributed by atoms with Gasteiger partial charge in [0.05, 0.1) is 23.0 Å². The number of rotatable bonds is 8.